The molecule has 2 rings (SSSR count). The second-order valence-electron chi connectivity index (χ2n) is 4.10. The number of carbonyl (C=O) groups excluding carboxylic acids is 1. The van der Waals surface area contributed by atoms with Crippen molar-refractivity contribution in [2.75, 3.05) is 7.11 Å². The Hall–Kier alpha value is -1.71. The average Bonchev–Trinajstić information content (AvgIpc) is 2.67. The molecular weight excluding hydrogens is 216 g/mol. The number of rotatable bonds is 3. The Morgan fingerprint density at radius 2 is 2.18 bits per heavy atom. The first kappa shape index (κ1) is 11.8. The Kier molecular flexibility index (Phi) is 3.85. The lowest BCUT2D eigenvalue weighted by Gasteiger charge is -2.04. The molecule has 0 N–H and O–H groups in total. The number of aromatic nitrogens is 2. The molecule has 0 saturated heterocycles. The molecule has 1 heterocycles. The zero-order chi connectivity index (χ0) is 12.1. The molecule has 0 bridgehead atoms. The summed E-state index contributed by atoms with van der Waals surface area (Å²) in [7, 11) is 1.53. The van der Waals surface area contributed by atoms with Gasteiger partial charge in [0.1, 0.15) is 12.0 Å². The number of ether oxygens (including phenoxy) is 1. The number of allylic oxidation sites excluding steroid dienone is 2. The Bertz CT molecular complexity index is 441. The van der Waals surface area contributed by atoms with E-state index in [0.717, 1.165) is 24.8 Å². The monoisotopic (exact) mass is 232 g/mol. The van der Waals surface area contributed by atoms with Crippen LogP contribution in [-0.2, 0) is 0 Å². The van der Waals surface area contributed by atoms with Crippen molar-refractivity contribution in [1.82, 2.24) is 9.97 Å². The van der Waals surface area contributed by atoms with E-state index in [2.05, 4.69) is 9.97 Å². The minimum atomic E-state index is 0.00704. The number of methoxy groups -OCH3 is 1. The highest BCUT2D eigenvalue weighted by Crippen LogP contribution is 2.20. The van der Waals surface area contributed by atoms with Gasteiger partial charge in [-0.3, -0.25) is 4.79 Å². The highest BCUT2D eigenvalue weighted by Gasteiger charge is 2.15. The van der Waals surface area contributed by atoms with Crippen LogP contribution in [0.4, 0.5) is 0 Å². The van der Waals surface area contributed by atoms with Crippen molar-refractivity contribution < 1.29 is 9.53 Å². The smallest absolute Gasteiger partial charge is 0.216 e. The first-order valence-corrected chi connectivity index (χ1v) is 5.91. The molecule has 90 valence electrons. The molecule has 0 unspecified atom stereocenters. The summed E-state index contributed by atoms with van der Waals surface area (Å²) < 4.78 is 4.99. The number of hydrogen-bond acceptors (Lipinski definition) is 4. The molecule has 1 aliphatic rings. The van der Waals surface area contributed by atoms with Crippen LogP contribution in [0.2, 0.25) is 0 Å². The molecule has 0 aromatic carbocycles. The van der Waals surface area contributed by atoms with E-state index in [0.29, 0.717) is 11.6 Å². The number of Topliss-reactive ketones (excluding diaryl/α,β-unsaturated/α-hetero) is 1. The van der Waals surface area contributed by atoms with Crippen LogP contribution in [0.25, 0.3) is 0 Å². The maximum absolute atomic E-state index is 12.2. The molecule has 0 amide bonds. The maximum Gasteiger partial charge on any atom is 0.216 e. The van der Waals surface area contributed by atoms with Gasteiger partial charge in [-0.15, -0.1) is 0 Å². The molecule has 0 aliphatic heterocycles. The van der Waals surface area contributed by atoms with Crippen molar-refractivity contribution in [3.8, 4) is 5.88 Å². The molecule has 1 aliphatic carbocycles. The fourth-order valence-electron chi connectivity index (χ4n) is 1.96. The van der Waals surface area contributed by atoms with Gasteiger partial charge in [-0.1, -0.05) is 12.5 Å². The van der Waals surface area contributed by atoms with E-state index in [1.165, 1.54) is 26.3 Å². The van der Waals surface area contributed by atoms with Crippen molar-refractivity contribution >= 4 is 5.78 Å². The van der Waals surface area contributed by atoms with E-state index < -0.39 is 0 Å². The van der Waals surface area contributed by atoms with Crippen LogP contribution in [0.15, 0.2) is 24.0 Å². The summed E-state index contributed by atoms with van der Waals surface area (Å²) >= 11 is 0. The fourth-order valence-corrected chi connectivity index (χ4v) is 1.96. The van der Waals surface area contributed by atoms with Crippen molar-refractivity contribution in [1.29, 1.82) is 0 Å². The van der Waals surface area contributed by atoms with Gasteiger partial charge >= 0.3 is 0 Å². The van der Waals surface area contributed by atoms with Crippen LogP contribution in [0.5, 0.6) is 5.88 Å². The Morgan fingerprint density at radius 3 is 3.00 bits per heavy atom. The van der Waals surface area contributed by atoms with Gasteiger partial charge in [-0.25, -0.2) is 9.97 Å². The van der Waals surface area contributed by atoms with Gasteiger partial charge in [0.25, 0.3) is 0 Å². The second-order valence-corrected chi connectivity index (χ2v) is 4.10. The number of hydrogen-bond donors (Lipinski definition) is 0. The van der Waals surface area contributed by atoms with E-state index in [4.69, 9.17) is 4.74 Å². The largest absolute Gasteiger partial charge is 0.481 e. The Balaban J connectivity index is 2.20. The van der Waals surface area contributed by atoms with E-state index in [1.807, 2.05) is 6.08 Å². The summed E-state index contributed by atoms with van der Waals surface area (Å²) in [6.45, 7) is 0. The lowest BCUT2D eigenvalue weighted by atomic mass is 10.0. The van der Waals surface area contributed by atoms with Crippen LogP contribution in [0.3, 0.4) is 0 Å². The Labute approximate surface area is 101 Å². The molecule has 0 spiro atoms. The maximum atomic E-state index is 12.2. The van der Waals surface area contributed by atoms with Gasteiger partial charge in [0.2, 0.25) is 11.7 Å². The summed E-state index contributed by atoms with van der Waals surface area (Å²) in [4.78, 5) is 20.1. The van der Waals surface area contributed by atoms with Gasteiger partial charge in [0, 0.05) is 6.07 Å². The third-order valence-corrected chi connectivity index (χ3v) is 2.92. The second kappa shape index (κ2) is 5.57. The normalized spacial score (nSPS) is 15.9. The van der Waals surface area contributed by atoms with Crippen molar-refractivity contribution in [2.24, 2.45) is 0 Å². The van der Waals surface area contributed by atoms with Crippen LogP contribution >= 0.6 is 0 Å². The van der Waals surface area contributed by atoms with E-state index in [1.54, 1.807) is 6.07 Å². The lowest BCUT2D eigenvalue weighted by Crippen LogP contribution is -2.06. The molecule has 0 atom stereocenters. The molecule has 0 radical (unpaired) electrons. The molecule has 0 saturated carbocycles. The third kappa shape index (κ3) is 2.90. The van der Waals surface area contributed by atoms with Crippen LogP contribution in [-0.4, -0.2) is 22.9 Å². The van der Waals surface area contributed by atoms with Crippen molar-refractivity contribution in [3.63, 3.8) is 0 Å². The quantitative estimate of drug-likeness (QED) is 0.751. The summed E-state index contributed by atoms with van der Waals surface area (Å²) in [6.07, 6.45) is 8.70. The summed E-state index contributed by atoms with van der Waals surface area (Å²) in [5, 5.41) is 0. The van der Waals surface area contributed by atoms with Crippen LogP contribution < -0.4 is 4.74 Å². The topological polar surface area (TPSA) is 52.1 Å². The first-order chi connectivity index (χ1) is 8.31. The summed E-state index contributed by atoms with van der Waals surface area (Å²) in [5.41, 5.74) is 1.30. The molecule has 0 fully saturated rings. The minimum absolute atomic E-state index is 0.00704. The van der Waals surface area contributed by atoms with E-state index in [9.17, 15) is 4.79 Å². The fraction of sp³-hybridized carbons (Fsp3) is 0.462. The molecule has 4 nitrogen and oxygen atoms in total. The standard InChI is InChI=1S/C13H16N2O2/c1-17-12-8-11(14-9-15-12)13(16)10-6-4-2-3-5-7-10/h6,8-9H,2-5,7H2,1H3. The molecular formula is C13H16N2O2. The van der Waals surface area contributed by atoms with Gasteiger partial charge < -0.3 is 4.74 Å². The first-order valence-electron chi connectivity index (χ1n) is 5.91. The predicted molar refractivity (Wildman–Crippen MR) is 64.1 cm³/mol. The van der Waals surface area contributed by atoms with E-state index >= 15 is 0 Å². The average molecular weight is 232 g/mol. The molecule has 4 heteroatoms. The highest BCUT2D eigenvalue weighted by atomic mass is 16.5. The minimum Gasteiger partial charge on any atom is -0.481 e. The number of ketones is 1. The third-order valence-electron chi connectivity index (χ3n) is 2.92. The Morgan fingerprint density at radius 1 is 1.29 bits per heavy atom. The van der Waals surface area contributed by atoms with Crippen molar-refractivity contribution in [3.05, 3.63) is 29.7 Å². The summed E-state index contributed by atoms with van der Waals surface area (Å²) in [6, 6.07) is 1.59. The highest BCUT2D eigenvalue weighted by molar-refractivity contribution is 6.07. The number of carbonyl (C=O) groups is 1. The van der Waals surface area contributed by atoms with Gasteiger partial charge in [-0.2, -0.15) is 0 Å². The predicted octanol–water partition coefficient (Wildman–Crippen LogP) is 2.56. The van der Waals surface area contributed by atoms with Gasteiger partial charge in [0.15, 0.2) is 0 Å². The van der Waals surface area contributed by atoms with E-state index in [-0.39, 0.29) is 5.78 Å². The molecule has 17 heavy (non-hydrogen) atoms. The molecule has 1 aromatic rings. The molecule has 1 aromatic heterocycles. The van der Waals surface area contributed by atoms with Gasteiger partial charge in [0.05, 0.1) is 7.11 Å². The SMILES string of the molecule is COc1cc(C(=O)C2=CCCCCC2)ncn1. The zero-order valence-corrected chi connectivity index (χ0v) is 9.98. The summed E-state index contributed by atoms with van der Waals surface area (Å²) in [5.74, 6) is 0.435. The van der Waals surface area contributed by atoms with Gasteiger partial charge in [-0.05, 0) is 31.3 Å². The lowest BCUT2D eigenvalue weighted by molar-refractivity contribution is 0.102. The van der Waals surface area contributed by atoms with Crippen molar-refractivity contribution in [2.45, 2.75) is 32.1 Å². The van der Waals surface area contributed by atoms with Crippen LogP contribution in [0.1, 0.15) is 42.6 Å². The number of nitrogens with zero attached hydrogens (tertiary/aromatic N) is 2. The van der Waals surface area contributed by atoms with Crippen LogP contribution in [0, 0.1) is 0 Å². The zero-order valence-electron chi connectivity index (χ0n) is 9.98.